The largest absolute Gasteiger partial charge is 0.505 e. The number of benzene rings is 8. The van der Waals surface area contributed by atoms with E-state index in [0.29, 0.717) is 30.3 Å². The van der Waals surface area contributed by atoms with E-state index in [0.717, 1.165) is 61.7 Å². The van der Waals surface area contributed by atoms with Crippen LogP contribution in [0.15, 0.2) is 166 Å². The minimum Gasteiger partial charge on any atom is -0.505 e. The molecule has 0 aliphatic carbocycles. The van der Waals surface area contributed by atoms with Crippen molar-refractivity contribution in [3.63, 3.8) is 0 Å². The first kappa shape index (κ1) is 63.1. The molecule has 42 heteroatoms. The van der Waals surface area contributed by atoms with E-state index in [9.17, 15) is 106 Å². The van der Waals surface area contributed by atoms with Gasteiger partial charge < -0.3 is 30.5 Å². The Balaban J connectivity index is 1.27. The number of aromatic hydroxyl groups is 3. The Morgan fingerprint density at radius 3 is 1.21 bits per heavy atom. The number of anilines is 1. The molecule has 86 heavy (non-hydrogen) atoms. The van der Waals surface area contributed by atoms with Gasteiger partial charge in [0.25, 0.3) is 70.8 Å². The van der Waals surface area contributed by atoms with E-state index in [-0.39, 0.29) is 22.3 Å². The van der Waals surface area contributed by atoms with Crippen molar-refractivity contribution in [3.8, 4) is 28.7 Å². The Bertz CT molecular complexity index is 5280. The minimum absolute atomic E-state index is 0.0711. The summed E-state index contributed by atoms with van der Waals surface area (Å²) < 4.78 is 258. The number of ether oxygens (including phenoxy) is 2. The fourth-order valence-corrected chi connectivity index (χ4v) is 12.8. The number of phenols is 3. The molecule has 0 heterocycles. The number of rotatable bonds is 17. The Labute approximate surface area is 482 Å². The van der Waals surface area contributed by atoms with Gasteiger partial charge in [-0.1, -0.05) is 0 Å². The van der Waals surface area contributed by atoms with Crippen LogP contribution in [0.25, 0.3) is 32.3 Å². The lowest BCUT2D eigenvalue weighted by Gasteiger charge is -2.15. The topological polar surface area (TPSA) is 585 Å². The second-order valence-corrected chi connectivity index (χ2v) is 26.9. The van der Waals surface area contributed by atoms with Gasteiger partial charge in [-0.3, -0.25) is 31.9 Å². The van der Waals surface area contributed by atoms with Crippen LogP contribution in [0.1, 0.15) is 0 Å². The van der Waals surface area contributed by atoms with Gasteiger partial charge in [0, 0.05) is 33.7 Å². The molecule has 0 amide bonds. The third-order valence-electron chi connectivity index (χ3n) is 11.8. The molecule has 8 rings (SSSR count). The van der Waals surface area contributed by atoms with Gasteiger partial charge in [0.05, 0.1) is 31.0 Å². The van der Waals surface area contributed by atoms with Crippen LogP contribution >= 0.6 is 0 Å². The molecule has 0 aliphatic rings. The van der Waals surface area contributed by atoms with Crippen LogP contribution in [-0.4, -0.2) is 120 Å². The van der Waals surface area contributed by atoms with E-state index in [1.807, 2.05) is 0 Å². The first-order valence-corrected chi connectivity index (χ1v) is 32.3. The van der Waals surface area contributed by atoms with Crippen molar-refractivity contribution in [1.29, 1.82) is 0 Å². The summed E-state index contributed by atoms with van der Waals surface area (Å²) in [7, 11) is -35.8. The highest BCUT2D eigenvalue weighted by Gasteiger charge is 2.32. The van der Waals surface area contributed by atoms with Crippen LogP contribution in [0.4, 0.5) is 51.2 Å². The van der Waals surface area contributed by atoms with Crippen molar-refractivity contribution in [3.05, 3.63) is 91.0 Å². The third kappa shape index (κ3) is 12.6. The van der Waals surface area contributed by atoms with Gasteiger partial charge >= 0.3 is 0 Å². The van der Waals surface area contributed by atoms with Gasteiger partial charge in [-0.25, -0.2) is 0 Å². The summed E-state index contributed by atoms with van der Waals surface area (Å²) in [5.74, 6) is -4.00. The number of azo groups is 4. The molecule has 0 bridgehead atoms. The number of nitrogen functional groups attached to an aromatic ring is 1. The molecule has 0 saturated heterocycles. The predicted molar refractivity (Wildman–Crippen MR) is 293 cm³/mol. The average Bonchev–Trinajstić information content (AvgIpc) is 0.766. The predicted octanol–water partition coefficient (Wildman–Crippen LogP) is 8.25. The van der Waals surface area contributed by atoms with Crippen LogP contribution in [0.5, 0.6) is 28.7 Å². The van der Waals surface area contributed by atoms with Crippen molar-refractivity contribution < 1.29 is 116 Å². The lowest BCUT2D eigenvalue weighted by atomic mass is 10.0. The number of methoxy groups -OCH3 is 2. The SMILES string of the molecule is COc1ccc(/N=N\c2c(S(=O)(=O)O)cc3cc(/N=N\c4c(S(=O)(=O)O)cc5c(S(=O)(=O)O)cc(N=Nc6ccc7c(O)c(/N=N\c8ccc(OC)cc8S(=O)(=O)O)c(S(=O)(=O)O)cc7c6S(=O)(=O)O)c(N)c5c4O)ccc3c2O)c(S(=O)(=O)O)c1. The number of phenolic OH excluding ortho intramolecular Hbond substituents is 3. The average molecular weight is 1330 g/mol. The first-order chi connectivity index (χ1) is 39.6. The van der Waals surface area contributed by atoms with Crippen molar-refractivity contribution in [1.82, 2.24) is 0 Å². The summed E-state index contributed by atoms with van der Waals surface area (Å²) in [6.07, 6.45) is 0. The quantitative estimate of drug-likeness (QED) is 0.0232. The fraction of sp³-hybridized carbons (Fsp3) is 0.0455. The molecule has 0 aromatic heterocycles. The molecule has 0 spiro atoms. The Hall–Kier alpha value is -8.89. The summed E-state index contributed by atoms with van der Waals surface area (Å²) in [6, 6.07) is 12.0. The number of fused-ring (bicyclic) bond motifs is 3. The van der Waals surface area contributed by atoms with Crippen LogP contribution < -0.4 is 15.2 Å². The van der Waals surface area contributed by atoms with Gasteiger partial charge in [0.1, 0.15) is 85.6 Å². The molecule has 12 N–H and O–H groups in total. The summed E-state index contributed by atoms with van der Waals surface area (Å²) in [4.78, 5) is -8.65. The van der Waals surface area contributed by atoms with E-state index >= 15 is 0 Å². The number of nitrogens with two attached hydrogens (primary N) is 1. The standard InChI is InChI=1S/C44H33N9O26S7/c1-78-20-4-8-26(31(13-20)81(60,61)62)47-52-38-33(83(66,67)68)12-18-11-19(3-6-22(18)41(38)54)46-51-40-35(85(72,73)74)16-25-30(80(57,58)59)17-29(37(45)36(25)43(40)56)50-49-28-10-7-23-24(44(28)86(75,76)77)15-34(84(69,70)71)39(42(23)55)53-48-27-9-5-21(79-2)14-32(27)82(63,64)65/h3-17,54-56H,45H2,1-2H3,(H,57,58,59)(H,60,61,62)(H,63,64,65)(H,66,67,68)(H,69,70,71)(H,72,73,74)(H,75,76,77)/b50-49?,51-46-,52-47-,53-48-. The monoisotopic (exact) mass is 1330 g/mol. The van der Waals surface area contributed by atoms with Gasteiger partial charge in [-0.2, -0.15) is 64.0 Å². The molecule has 0 unspecified atom stereocenters. The molecule has 0 saturated carbocycles. The van der Waals surface area contributed by atoms with E-state index < -0.39 is 195 Å². The summed E-state index contributed by atoms with van der Waals surface area (Å²) in [5, 5.41) is 59.1. The lowest BCUT2D eigenvalue weighted by molar-refractivity contribution is 0.412. The van der Waals surface area contributed by atoms with E-state index in [1.165, 1.54) is 13.2 Å². The molecule has 0 aliphatic heterocycles. The van der Waals surface area contributed by atoms with Crippen LogP contribution in [0.3, 0.4) is 0 Å². The summed E-state index contributed by atoms with van der Waals surface area (Å²) >= 11 is 0. The molecule has 35 nitrogen and oxygen atoms in total. The van der Waals surface area contributed by atoms with E-state index in [1.54, 1.807) is 0 Å². The van der Waals surface area contributed by atoms with Gasteiger partial charge in [0.2, 0.25) is 0 Å². The van der Waals surface area contributed by atoms with Gasteiger partial charge in [-0.05, 0) is 84.2 Å². The highest BCUT2D eigenvalue weighted by molar-refractivity contribution is 7.87. The van der Waals surface area contributed by atoms with Crippen LogP contribution in [0.2, 0.25) is 0 Å². The van der Waals surface area contributed by atoms with E-state index in [2.05, 4.69) is 40.9 Å². The molecular weight excluding hydrogens is 1290 g/mol. The van der Waals surface area contributed by atoms with Crippen molar-refractivity contribution in [2.45, 2.75) is 34.3 Å². The zero-order chi connectivity index (χ0) is 63.8. The molecule has 8 aromatic carbocycles. The Morgan fingerprint density at radius 1 is 0.349 bits per heavy atom. The second-order valence-electron chi connectivity index (χ2n) is 17.2. The maximum Gasteiger partial charge on any atom is 0.297 e. The highest BCUT2D eigenvalue weighted by Crippen LogP contribution is 2.51. The zero-order valence-corrected chi connectivity index (χ0v) is 47.9. The normalized spacial score (nSPS) is 13.4. The minimum atomic E-state index is -5.72. The van der Waals surface area contributed by atoms with Gasteiger partial charge in [0.15, 0.2) is 17.2 Å². The molecule has 452 valence electrons. The Kier molecular flexibility index (Phi) is 16.3. The molecule has 0 fully saturated rings. The van der Waals surface area contributed by atoms with Crippen molar-refractivity contribution in [2.24, 2.45) is 40.9 Å². The first-order valence-electron chi connectivity index (χ1n) is 22.2. The van der Waals surface area contributed by atoms with Crippen molar-refractivity contribution >= 4 is 154 Å². The molecule has 0 atom stereocenters. The molecular formula is C44H33N9O26S7. The van der Waals surface area contributed by atoms with Crippen LogP contribution in [-0.2, 0) is 70.8 Å². The molecule has 8 aromatic rings. The Morgan fingerprint density at radius 2 is 0.744 bits per heavy atom. The maximum atomic E-state index is 13.1. The second kappa shape index (κ2) is 22.2. The lowest BCUT2D eigenvalue weighted by Crippen LogP contribution is -2.04. The number of hydrogen-bond acceptors (Lipinski definition) is 28. The maximum absolute atomic E-state index is 13.1. The summed E-state index contributed by atoms with van der Waals surface area (Å²) in [5.41, 5.74) is -1.73. The summed E-state index contributed by atoms with van der Waals surface area (Å²) in [6.45, 7) is 0. The van der Waals surface area contributed by atoms with Gasteiger partial charge in [-0.15, -0.1) is 35.8 Å². The number of nitrogens with zero attached hydrogens (tertiary/aromatic N) is 8. The van der Waals surface area contributed by atoms with Crippen LogP contribution in [0, 0.1) is 0 Å². The fourth-order valence-electron chi connectivity index (χ4n) is 8.06. The van der Waals surface area contributed by atoms with Crippen molar-refractivity contribution in [2.75, 3.05) is 20.0 Å². The highest BCUT2D eigenvalue weighted by atomic mass is 32.2. The number of hydrogen-bond donors (Lipinski definition) is 11. The zero-order valence-electron chi connectivity index (χ0n) is 42.2. The molecule has 0 radical (unpaired) electrons. The smallest absolute Gasteiger partial charge is 0.297 e. The van der Waals surface area contributed by atoms with E-state index in [4.69, 9.17) is 15.2 Å². The third-order valence-corrected chi connectivity index (χ3v) is 18.0.